The van der Waals surface area contributed by atoms with Crippen molar-refractivity contribution in [1.82, 2.24) is 15.3 Å². The Morgan fingerprint density at radius 1 is 1.33 bits per heavy atom. The van der Waals surface area contributed by atoms with E-state index < -0.39 is 10.8 Å². The van der Waals surface area contributed by atoms with Crippen molar-refractivity contribution >= 4 is 21.8 Å². The number of aromatic nitrogens is 2. The van der Waals surface area contributed by atoms with Gasteiger partial charge in [0.1, 0.15) is 0 Å². The Kier molecular flexibility index (Phi) is 3.43. The molecule has 2 atom stereocenters. The molecule has 2 N–H and O–H groups in total. The second-order valence-corrected chi connectivity index (χ2v) is 6.13. The number of aromatic amines is 1. The predicted molar refractivity (Wildman–Crippen MR) is 73.0 cm³/mol. The van der Waals surface area contributed by atoms with Crippen molar-refractivity contribution in [2.75, 3.05) is 12.3 Å². The summed E-state index contributed by atoms with van der Waals surface area (Å²) in [5.41, 5.74) is 1.84. The molecular weight excluding hydrogens is 246 g/mol. The SMILES string of the molecule is O=S(CC1CCCCN1)c1nc2ccccc2[nH]1. The summed E-state index contributed by atoms with van der Waals surface area (Å²) in [5.74, 6) is 0.653. The van der Waals surface area contributed by atoms with Gasteiger partial charge in [-0.25, -0.2) is 4.98 Å². The van der Waals surface area contributed by atoms with E-state index in [2.05, 4.69) is 15.3 Å². The van der Waals surface area contributed by atoms with E-state index in [1.807, 2.05) is 24.3 Å². The molecule has 2 heterocycles. The van der Waals surface area contributed by atoms with Crippen LogP contribution in [0.15, 0.2) is 29.4 Å². The molecule has 2 aromatic rings. The first-order valence-corrected chi connectivity index (χ1v) is 7.71. The lowest BCUT2D eigenvalue weighted by molar-refractivity contribution is 0.427. The Bertz CT molecular complexity index is 527. The molecule has 0 radical (unpaired) electrons. The van der Waals surface area contributed by atoms with Gasteiger partial charge < -0.3 is 10.3 Å². The molecule has 18 heavy (non-hydrogen) atoms. The quantitative estimate of drug-likeness (QED) is 0.888. The Morgan fingerprint density at radius 2 is 2.22 bits per heavy atom. The zero-order valence-electron chi connectivity index (χ0n) is 10.2. The van der Waals surface area contributed by atoms with Crippen LogP contribution in [0.4, 0.5) is 0 Å². The summed E-state index contributed by atoms with van der Waals surface area (Å²) in [5, 5.41) is 4.02. The van der Waals surface area contributed by atoms with Crippen molar-refractivity contribution in [2.45, 2.75) is 30.5 Å². The van der Waals surface area contributed by atoms with Crippen LogP contribution in [0.5, 0.6) is 0 Å². The number of rotatable bonds is 3. The minimum absolute atomic E-state index is 0.368. The smallest absolute Gasteiger partial charge is 0.197 e. The molecule has 0 saturated carbocycles. The molecule has 1 aliphatic rings. The summed E-state index contributed by atoms with van der Waals surface area (Å²) in [6.45, 7) is 1.04. The van der Waals surface area contributed by atoms with Gasteiger partial charge in [-0.3, -0.25) is 4.21 Å². The number of hydrogen-bond acceptors (Lipinski definition) is 3. The van der Waals surface area contributed by atoms with E-state index in [0.717, 1.165) is 24.0 Å². The van der Waals surface area contributed by atoms with Gasteiger partial charge >= 0.3 is 0 Å². The van der Waals surface area contributed by atoms with Crippen LogP contribution in [0.2, 0.25) is 0 Å². The lowest BCUT2D eigenvalue weighted by Gasteiger charge is -2.22. The molecule has 0 amide bonds. The largest absolute Gasteiger partial charge is 0.331 e. The molecule has 0 spiro atoms. The van der Waals surface area contributed by atoms with Crippen molar-refractivity contribution in [3.05, 3.63) is 24.3 Å². The molecule has 1 aliphatic heterocycles. The third-order valence-electron chi connectivity index (χ3n) is 3.35. The van der Waals surface area contributed by atoms with Crippen molar-refractivity contribution in [3.63, 3.8) is 0 Å². The molecule has 0 aliphatic carbocycles. The van der Waals surface area contributed by atoms with Gasteiger partial charge in [-0.15, -0.1) is 0 Å². The number of imidazole rings is 1. The fourth-order valence-corrected chi connectivity index (χ4v) is 3.60. The van der Waals surface area contributed by atoms with E-state index in [1.54, 1.807) is 0 Å². The molecule has 5 heteroatoms. The van der Waals surface area contributed by atoms with Gasteiger partial charge in [-0.2, -0.15) is 0 Å². The molecule has 1 fully saturated rings. The number of H-pyrrole nitrogens is 1. The molecule has 2 unspecified atom stereocenters. The maximum atomic E-state index is 12.3. The maximum Gasteiger partial charge on any atom is 0.197 e. The third kappa shape index (κ3) is 2.47. The van der Waals surface area contributed by atoms with Crippen molar-refractivity contribution < 1.29 is 4.21 Å². The predicted octanol–water partition coefficient (Wildman–Crippen LogP) is 1.81. The number of hydrogen-bond donors (Lipinski definition) is 2. The van der Waals surface area contributed by atoms with Crippen LogP contribution < -0.4 is 5.32 Å². The summed E-state index contributed by atoms with van der Waals surface area (Å²) in [6.07, 6.45) is 3.58. The number of nitrogens with zero attached hydrogens (tertiary/aromatic N) is 1. The number of benzene rings is 1. The fraction of sp³-hybridized carbons (Fsp3) is 0.462. The van der Waals surface area contributed by atoms with E-state index in [4.69, 9.17) is 0 Å². The number of piperidine rings is 1. The van der Waals surface area contributed by atoms with Crippen molar-refractivity contribution in [3.8, 4) is 0 Å². The average Bonchev–Trinajstić information content (AvgIpc) is 2.84. The molecule has 3 rings (SSSR count). The third-order valence-corrected chi connectivity index (χ3v) is 4.68. The van der Waals surface area contributed by atoms with Crippen LogP contribution in [0.25, 0.3) is 11.0 Å². The van der Waals surface area contributed by atoms with Gasteiger partial charge in [-0.05, 0) is 31.5 Å². The molecule has 0 bridgehead atoms. The van der Waals surface area contributed by atoms with Crippen LogP contribution in [0.3, 0.4) is 0 Å². The molecule has 1 aromatic heterocycles. The lowest BCUT2D eigenvalue weighted by Crippen LogP contribution is -2.38. The van der Waals surface area contributed by atoms with Crippen LogP contribution >= 0.6 is 0 Å². The van der Waals surface area contributed by atoms with E-state index in [0.29, 0.717) is 17.0 Å². The zero-order valence-corrected chi connectivity index (χ0v) is 11.0. The van der Waals surface area contributed by atoms with Gasteiger partial charge in [-0.1, -0.05) is 18.6 Å². The molecule has 1 aromatic carbocycles. The summed E-state index contributed by atoms with van der Waals surface area (Å²) in [7, 11) is -1.04. The summed E-state index contributed by atoms with van der Waals surface area (Å²) < 4.78 is 12.3. The minimum Gasteiger partial charge on any atom is -0.331 e. The van der Waals surface area contributed by atoms with Crippen molar-refractivity contribution in [2.24, 2.45) is 0 Å². The van der Waals surface area contributed by atoms with E-state index >= 15 is 0 Å². The summed E-state index contributed by atoms with van der Waals surface area (Å²) in [4.78, 5) is 7.54. The van der Waals surface area contributed by atoms with Gasteiger partial charge in [0.2, 0.25) is 0 Å². The molecular formula is C13H17N3OS. The normalized spacial score (nSPS) is 22.1. The standard InChI is InChI=1S/C13H17N3OS/c17-18(9-10-5-3-4-8-14-10)13-15-11-6-1-2-7-12(11)16-13/h1-2,6-7,10,14H,3-5,8-9H2,(H,15,16). The Labute approximate surface area is 109 Å². The Balaban J connectivity index is 1.74. The zero-order chi connectivity index (χ0) is 12.4. The first kappa shape index (κ1) is 11.9. The first-order chi connectivity index (χ1) is 8.83. The Hall–Kier alpha value is -1.20. The number of nitrogens with one attached hydrogen (secondary N) is 2. The summed E-state index contributed by atoms with van der Waals surface area (Å²) in [6, 6.07) is 8.16. The monoisotopic (exact) mass is 263 g/mol. The number of fused-ring (bicyclic) bond motifs is 1. The molecule has 1 saturated heterocycles. The highest BCUT2D eigenvalue weighted by Crippen LogP contribution is 2.15. The summed E-state index contributed by atoms with van der Waals surface area (Å²) >= 11 is 0. The minimum atomic E-state index is -1.04. The van der Waals surface area contributed by atoms with Crippen molar-refractivity contribution in [1.29, 1.82) is 0 Å². The highest BCUT2D eigenvalue weighted by molar-refractivity contribution is 7.84. The van der Waals surface area contributed by atoms with E-state index in [9.17, 15) is 4.21 Å². The second kappa shape index (κ2) is 5.20. The highest BCUT2D eigenvalue weighted by Gasteiger charge is 2.18. The highest BCUT2D eigenvalue weighted by atomic mass is 32.2. The van der Waals surface area contributed by atoms with Gasteiger partial charge in [0.15, 0.2) is 5.16 Å². The van der Waals surface area contributed by atoms with Crippen LogP contribution in [0.1, 0.15) is 19.3 Å². The van der Waals surface area contributed by atoms with Crippen LogP contribution in [-0.4, -0.2) is 32.5 Å². The van der Waals surface area contributed by atoms with Crippen LogP contribution in [-0.2, 0) is 10.8 Å². The van der Waals surface area contributed by atoms with Gasteiger partial charge in [0, 0.05) is 11.8 Å². The van der Waals surface area contributed by atoms with Gasteiger partial charge in [0.25, 0.3) is 0 Å². The maximum absolute atomic E-state index is 12.3. The average molecular weight is 263 g/mol. The van der Waals surface area contributed by atoms with Gasteiger partial charge in [0.05, 0.1) is 21.8 Å². The van der Waals surface area contributed by atoms with E-state index in [1.165, 1.54) is 12.8 Å². The fourth-order valence-electron chi connectivity index (χ4n) is 2.37. The topological polar surface area (TPSA) is 57.8 Å². The molecule has 96 valence electrons. The first-order valence-electron chi connectivity index (χ1n) is 6.39. The second-order valence-electron chi connectivity index (χ2n) is 4.72. The molecule has 4 nitrogen and oxygen atoms in total. The number of para-hydroxylation sites is 2. The van der Waals surface area contributed by atoms with E-state index in [-0.39, 0.29) is 0 Å². The Morgan fingerprint density at radius 3 is 3.00 bits per heavy atom. The van der Waals surface area contributed by atoms with Crippen LogP contribution in [0, 0.1) is 0 Å². The lowest BCUT2D eigenvalue weighted by atomic mass is 10.1.